The van der Waals surface area contributed by atoms with Crippen LogP contribution in [-0.2, 0) is 22.6 Å². The van der Waals surface area contributed by atoms with Gasteiger partial charge in [-0.3, -0.25) is 0 Å². The third-order valence-corrected chi connectivity index (χ3v) is 8.64. The number of halogens is 5. The molecule has 1 unspecified atom stereocenters. The average molecular weight is 638 g/mol. The number of imidazole rings is 1. The molecule has 5 rings (SSSR count). The zero-order valence-corrected chi connectivity index (χ0v) is 24.8. The molecule has 14 heteroatoms. The number of alkyl halides is 4. The van der Waals surface area contributed by atoms with E-state index in [1.807, 2.05) is 25.2 Å². The summed E-state index contributed by atoms with van der Waals surface area (Å²) in [5, 5.41) is 18.1. The molecule has 2 aromatic heterocycles. The van der Waals surface area contributed by atoms with Crippen LogP contribution in [0.3, 0.4) is 0 Å². The van der Waals surface area contributed by atoms with E-state index in [1.165, 1.54) is 34.5 Å². The highest BCUT2D eigenvalue weighted by atomic mass is 35.5. The first-order valence-electron chi connectivity index (χ1n) is 12.5. The summed E-state index contributed by atoms with van der Waals surface area (Å²) in [6.07, 6.45) is 4.89. The van der Waals surface area contributed by atoms with Gasteiger partial charge in [-0.15, -0.1) is 16.7 Å². The first-order chi connectivity index (χ1) is 19.6. The predicted octanol–water partition coefficient (Wildman–Crippen LogP) is 6.34. The molecule has 0 saturated carbocycles. The van der Waals surface area contributed by atoms with Crippen LogP contribution in [0, 0.1) is 6.92 Å². The van der Waals surface area contributed by atoms with Crippen molar-refractivity contribution in [2.24, 2.45) is 0 Å². The Kier molecular flexibility index (Phi) is 7.63. The zero-order chi connectivity index (χ0) is 30.6. The first kappa shape index (κ1) is 30.0. The van der Waals surface area contributed by atoms with Gasteiger partial charge in [-0.1, -0.05) is 41.1 Å². The standard InChI is InChI=1S/C28H24Cl2F3N5O3S/c1-16-35-26(28(31,32)33)14-37(16)22-5-4-18(19-10-21(29)20(15-39)25(12-19)42(3,40)41)11-23(22)38-24(13-34-36-38)17-6-8-27(2,30)9-7-17/h4-8,10-14,39H,9,15H2,1-3H3. The van der Waals surface area contributed by atoms with Crippen molar-refractivity contribution < 1.29 is 26.7 Å². The van der Waals surface area contributed by atoms with Gasteiger partial charge in [-0.25, -0.2) is 18.1 Å². The number of aliphatic hydroxyl groups excluding tert-OH is 1. The Morgan fingerprint density at radius 2 is 1.88 bits per heavy atom. The van der Waals surface area contributed by atoms with Gasteiger partial charge in [0, 0.05) is 23.0 Å². The van der Waals surface area contributed by atoms with E-state index in [1.54, 1.807) is 18.2 Å². The second kappa shape index (κ2) is 10.7. The molecule has 220 valence electrons. The molecule has 0 spiro atoms. The van der Waals surface area contributed by atoms with Gasteiger partial charge < -0.3 is 9.67 Å². The van der Waals surface area contributed by atoms with Gasteiger partial charge in [-0.2, -0.15) is 13.2 Å². The summed E-state index contributed by atoms with van der Waals surface area (Å²) in [5.41, 5.74) is 1.85. The van der Waals surface area contributed by atoms with E-state index in [9.17, 15) is 26.7 Å². The lowest BCUT2D eigenvalue weighted by Crippen LogP contribution is -2.14. The third-order valence-electron chi connectivity index (χ3n) is 6.86. The summed E-state index contributed by atoms with van der Waals surface area (Å²) >= 11 is 12.8. The van der Waals surface area contributed by atoms with E-state index in [4.69, 9.17) is 23.2 Å². The summed E-state index contributed by atoms with van der Waals surface area (Å²) in [6.45, 7) is 2.74. The summed E-state index contributed by atoms with van der Waals surface area (Å²) in [5.74, 6) is 0.0855. The number of benzene rings is 2. The molecule has 8 nitrogen and oxygen atoms in total. The highest BCUT2D eigenvalue weighted by molar-refractivity contribution is 7.90. The molecule has 0 amide bonds. The molecular weight excluding hydrogens is 614 g/mol. The molecule has 0 saturated heterocycles. The number of aromatic nitrogens is 5. The lowest BCUT2D eigenvalue weighted by molar-refractivity contribution is -0.141. The molecule has 0 bridgehead atoms. The molecule has 2 aromatic carbocycles. The Hall–Kier alpha value is -3.45. The molecule has 1 aliphatic carbocycles. The molecule has 0 radical (unpaired) electrons. The lowest BCUT2D eigenvalue weighted by atomic mass is 9.96. The van der Waals surface area contributed by atoms with Crippen LogP contribution < -0.4 is 0 Å². The lowest BCUT2D eigenvalue weighted by Gasteiger charge is -2.21. The number of nitrogens with zero attached hydrogens (tertiary/aromatic N) is 5. The van der Waals surface area contributed by atoms with Gasteiger partial charge in [0.05, 0.1) is 39.6 Å². The molecule has 0 fully saturated rings. The fourth-order valence-corrected chi connectivity index (χ4v) is 6.14. The molecule has 0 aliphatic heterocycles. The molecular formula is C28H24Cl2F3N5O3S. The zero-order valence-electron chi connectivity index (χ0n) is 22.5. The Labute approximate surface area is 249 Å². The summed E-state index contributed by atoms with van der Waals surface area (Å²) in [7, 11) is -3.77. The van der Waals surface area contributed by atoms with Crippen LogP contribution >= 0.6 is 23.2 Å². The van der Waals surface area contributed by atoms with E-state index in [0.717, 1.165) is 18.0 Å². The number of rotatable bonds is 6. The fourth-order valence-electron chi connectivity index (χ4n) is 4.70. The van der Waals surface area contributed by atoms with Gasteiger partial charge >= 0.3 is 6.18 Å². The van der Waals surface area contributed by atoms with E-state index in [2.05, 4.69) is 15.3 Å². The van der Waals surface area contributed by atoms with E-state index in [0.29, 0.717) is 34.6 Å². The Morgan fingerprint density at radius 3 is 2.48 bits per heavy atom. The van der Waals surface area contributed by atoms with Gasteiger partial charge in [0.1, 0.15) is 5.82 Å². The summed E-state index contributed by atoms with van der Waals surface area (Å²) in [4.78, 5) is 3.01. The minimum atomic E-state index is -4.66. The van der Waals surface area contributed by atoms with Crippen molar-refractivity contribution in [2.75, 3.05) is 6.26 Å². The van der Waals surface area contributed by atoms with Crippen molar-refractivity contribution in [3.05, 3.63) is 88.8 Å². The van der Waals surface area contributed by atoms with Gasteiger partial charge in [0.15, 0.2) is 15.5 Å². The molecule has 4 aromatic rings. The predicted molar refractivity (Wildman–Crippen MR) is 154 cm³/mol. The Balaban J connectivity index is 1.75. The minimum absolute atomic E-state index is 0.0457. The largest absolute Gasteiger partial charge is 0.434 e. The molecule has 42 heavy (non-hydrogen) atoms. The van der Waals surface area contributed by atoms with Crippen molar-refractivity contribution in [2.45, 2.75) is 42.8 Å². The maximum absolute atomic E-state index is 13.6. The Morgan fingerprint density at radius 1 is 1.14 bits per heavy atom. The average Bonchev–Trinajstić information content (AvgIpc) is 3.54. The maximum Gasteiger partial charge on any atom is 0.434 e. The quantitative estimate of drug-likeness (QED) is 0.248. The van der Waals surface area contributed by atoms with Crippen LogP contribution in [0.4, 0.5) is 13.2 Å². The summed E-state index contributed by atoms with van der Waals surface area (Å²) < 4.78 is 68.5. The van der Waals surface area contributed by atoms with Gasteiger partial charge in [0.2, 0.25) is 0 Å². The number of aliphatic hydroxyl groups is 1. The van der Waals surface area contributed by atoms with Crippen LogP contribution in [0.25, 0.3) is 28.1 Å². The van der Waals surface area contributed by atoms with Crippen molar-refractivity contribution >= 4 is 38.6 Å². The number of sulfone groups is 1. The SMILES string of the molecule is Cc1nc(C(F)(F)F)cn1-c1ccc(-c2cc(Cl)c(CO)c(S(C)(=O)=O)c2)cc1-n1nncc1C1=CCC(C)(Cl)C=C1. The number of hydrogen-bond acceptors (Lipinski definition) is 6. The second-order valence-corrected chi connectivity index (χ2v) is 13.4. The van der Waals surface area contributed by atoms with E-state index >= 15 is 0 Å². The Bertz CT molecular complexity index is 1880. The van der Waals surface area contributed by atoms with E-state index in [-0.39, 0.29) is 21.3 Å². The first-order valence-corrected chi connectivity index (χ1v) is 15.1. The number of allylic oxidation sites excluding steroid dienone is 4. The van der Waals surface area contributed by atoms with Crippen molar-refractivity contribution in [1.82, 2.24) is 24.5 Å². The van der Waals surface area contributed by atoms with Gasteiger partial charge in [-0.05, 0) is 61.2 Å². The van der Waals surface area contributed by atoms with Gasteiger partial charge in [0.25, 0.3) is 0 Å². The maximum atomic E-state index is 13.6. The van der Waals surface area contributed by atoms with Crippen LogP contribution in [0.15, 0.2) is 65.8 Å². The molecule has 2 heterocycles. The third kappa shape index (κ3) is 5.76. The summed E-state index contributed by atoms with van der Waals surface area (Å²) in [6, 6.07) is 7.76. The number of aryl methyl sites for hydroxylation is 1. The van der Waals surface area contributed by atoms with Crippen LogP contribution in [0.1, 0.15) is 36.1 Å². The molecule has 1 N–H and O–H groups in total. The van der Waals surface area contributed by atoms with Crippen molar-refractivity contribution in [1.29, 1.82) is 0 Å². The van der Waals surface area contributed by atoms with Crippen molar-refractivity contribution in [3.8, 4) is 22.5 Å². The molecule has 1 atom stereocenters. The van der Waals surface area contributed by atoms with E-state index < -0.39 is 33.2 Å². The minimum Gasteiger partial charge on any atom is -0.392 e. The molecule has 1 aliphatic rings. The van der Waals surface area contributed by atoms with Crippen LogP contribution in [0.2, 0.25) is 5.02 Å². The monoisotopic (exact) mass is 637 g/mol. The van der Waals surface area contributed by atoms with Crippen LogP contribution in [-0.4, -0.2) is 49.2 Å². The highest BCUT2D eigenvalue weighted by Crippen LogP contribution is 2.37. The van der Waals surface area contributed by atoms with Crippen molar-refractivity contribution in [3.63, 3.8) is 0 Å². The second-order valence-electron chi connectivity index (χ2n) is 10.1. The van der Waals surface area contributed by atoms with Crippen LogP contribution in [0.5, 0.6) is 0 Å². The smallest absolute Gasteiger partial charge is 0.392 e. The normalized spacial score (nSPS) is 17.5. The topological polar surface area (TPSA) is 103 Å². The number of hydrogen-bond donors (Lipinski definition) is 1. The highest BCUT2D eigenvalue weighted by Gasteiger charge is 2.35. The fraction of sp³-hybridized carbons (Fsp3) is 0.250.